The van der Waals surface area contributed by atoms with Crippen LogP contribution in [0.25, 0.3) is 11.8 Å². The summed E-state index contributed by atoms with van der Waals surface area (Å²) in [6.45, 7) is 12.0. The van der Waals surface area contributed by atoms with Crippen molar-refractivity contribution < 1.29 is 0 Å². The molecule has 0 radical (unpaired) electrons. The zero-order valence-corrected chi connectivity index (χ0v) is 9.62. The molecule has 1 rings (SSSR count). The topological polar surface area (TPSA) is 42.7 Å². The highest BCUT2D eigenvalue weighted by molar-refractivity contribution is 5.61. The Bertz CT molecular complexity index is 365. The molecule has 0 fully saturated rings. The molecular weight excluding hydrogens is 188 g/mol. The van der Waals surface area contributed by atoms with Crippen molar-refractivity contribution in [2.24, 2.45) is 5.92 Å². The average molecular weight is 206 g/mol. The highest BCUT2D eigenvalue weighted by Crippen LogP contribution is 2.23. The molecule has 15 heavy (non-hydrogen) atoms. The predicted octanol–water partition coefficient (Wildman–Crippen LogP) is 2.48. The van der Waals surface area contributed by atoms with Gasteiger partial charge in [0.25, 0.3) is 0 Å². The van der Waals surface area contributed by atoms with Crippen LogP contribution in [0.4, 0.5) is 5.95 Å². The number of rotatable bonds is 5. The molecule has 1 aromatic heterocycles. The molecule has 82 valence electrons. The predicted molar refractivity (Wildman–Crippen MR) is 64.4 cm³/mol. The Morgan fingerprint density at radius 2 is 2.33 bits per heavy atom. The summed E-state index contributed by atoms with van der Waals surface area (Å²) in [5, 5.41) is 7.10. The van der Waals surface area contributed by atoms with Gasteiger partial charge < -0.3 is 5.32 Å². The van der Waals surface area contributed by atoms with E-state index in [1.54, 1.807) is 17.9 Å². The van der Waals surface area contributed by atoms with Gasteiger partial charge in [-0.25, -0.2) is 4.68 Å². The summed E-state index contributed by atoms with van der Waals surface area (Å²) in [5.41, 5.74) is 0.992. The molecule has 0 saturated carbocycles. The van der Waals surface area contributed by atoms with Crippen LogP contribution in [-0.2, 0) is 0 Å². The fraction of sp³-hybridized carbons (Fsp3) is 0.455. The van der Waals surface area contributed by atoms with Gasteiger partial charge in [-0.15, -0.1) is 5.10 Å². The van der Waals surface area contributed by atoms with Crippen molar-refractivity contribution in [1.82, 2.24) is 14.8 Å². The number of anilines is 1. The van der Waals surface area contributed by atoms with Gasteiger partial charge >= 0.3 is 0 Å². The normalized spacial score (nSPS) is 12.2. The van der Waals surface area contributed by atoms with Gasteiger partial charge in [0.2, 0.25) is 5.95 Å². The van der Waals surface area contributed by atoms with Crippen LogP contribution in [0.5, 0.6) is 0 Å². The maximum Gasteiger partial charge on any atom is 0.242 e. The first kappa shape index (κ1) is 11.5. The zero-order chi connectivity index (χ0) is 11.4. The van der Waals surface area contributed by atoms with Gasteiger partial charge in [-0.05, 0) is 17.9 Å². The smallest absolute Gasteiger partial charge is 0.242 e. The number of nitrogens with one attached hydrogen (secondary N) is 1. The van der Waals surface area contributed by atoms with Crippen LogP contribution in [0.15, 0.2) is 13.2 Å². The van der Waals surface area contributed by atoms with Gasteiger partial charge in [-0.1, -0.05) is 27.0 Å². The molecule has 0 aliphatic rings. The van der Waals surface area contributed by atoms with Crippen molar-refractivity contribution >= 4 is 17.7 Å². The van der Waals surface area contributed by atoms with Crippen LogP contribution < -0.4 is 5.32 Å². The van der Waals surface area contributed by atoms with Crippen LogP contribution in [0, 0.1) is 5.92 Å². The number of nitrogens with zero attached hydrogens (tertiary/aromatic N) is 3. The van der Waals surface area contributed by atoms with Gasteiger partial charge in [0.05, 0.1) is 0 Å². The Morgan fingerprint density at radius 3 is 2.80 bits per heavy atom. The molecule has 1 heterocycles. The van der Waals surface area contributed by atoms with Crippen LogP contribution in [0.2, 0.25) is 0 Å². The fourth-order valence-corrected chi connectivity index (χ4v) is 1.24. The molecule has 0 bridgehead atoms. The molecule has 4 heteroatoms. The first-order valence-electron chi connectivity index (χ1n) is 5.10. The zero-order valence-electron chi connectivity index (χ0n) is 9.62. The van der Waals surface area contributed by atoms with Crippen LogP contribution >= 0.6 is 0 Å². The summed E-state index contributed by atoms with van der Waals surface area (Å²) in [6, 6.07) is 0. The Hall–Kier alpha value is -1.58. The minimum atomic E-state index is 0.401. The Balaban J connectivity index is 3.06. The minimum absolute atomic E-state index is 0.401. The number of hydrogen-bond acceptors (Lipinski definition) is 3. The lowest BCUT2D eigenvalue weighted by atomic mass is 10.00. The first-order chi connectivity index (χ1) is 7.13. The monoisotopic (exact) mass is 206 g/mol. The van der Waals surface area contributed by atoms with Gasteiger partial charge in [0, 0.05) is 13.2 Å². The number of aromatic nitrogens is 3. The summed E-state index contributed by atoms with van der Waals surface area (Å²) < 4.78 is 1.65. The largest absolute Gasteiger partial charge is 0.356 e. The summed E-state index contributed by atoms with van der Waals surface area (Å²) in [6.07, 6.45) is 2.68. The number of allylic oxidation sites excluding steroid dienone is 1. The molecule has 0 aromatic carbocycles. The molecule has 1 unspecified atom stereocenters. The van der Waals surface area contributed by atoms with E-state index < -0.39 is 0 Å². The molecule has 0 spiro atoms. The van der Waals surface area contributed by atoms with Crippen LogP contribution in [-0.4, -0.2) is 21.8 Å². The highest BCUT2D eigenvalue weighted by Gasteiger charge is 2.14. The lowest BCUT2D eigenvalue weighted by Crippen LogP contribution is -2.02. The van der Waals surface area contributed by atoms with Gasteiger partial charge in [-0.3, -0.25) is 0 Å². The van der Waals surface area contributed by atoms with E-state index in [4.69, 9.17) is 0 Å². The van der Waals surface area contributed by atoms with Gasteiger partial charge in [0.15, 0.2) is 5.82 Å². The van der Waals surface area contributed by atoms with E-state index in [1.165, 1.54) is 0 Å². The number of hydrogen-bond donors (Lipinski definition) is 1. The van der Waals surface area contributed by atoms with E-state index in [2.05, 4.69) is 42.4 Å². The highest BCUT2D eigenvalue weighted by atomic mass is 15.4. The molecule has 4 nitrogen and oxygen atoms in total. The van der Waals surface area contributed by atoms with Crippen molar-refractivity contribution in [2.75, 3.05) is 12.4 Å². The van der Waals surface area contributed by atoms with Gasteiger partial charge in [-0.2, -0.15) is 4.98 Å². The maximum atomic E-state index is 4.34. The Kier molecular flexibility index (Phi) is 3.66. The van der Waals surface area contributed by atoms with E-state index in [9.17, 15) is 0 Å². The van der Waals surface area contributed by atoms with Gasteiger partial charge in [0.1, 0.15) is 0 Å². The molecule has 1 aromatic rings. The Labute approximate surface area is 90.7 Å². The molecule has 0 saturated heterocycles. The summed E-state index contributed by atoms with van der Waals surface area (Å²) in [7, 11) is 1.79. The van der Waals surface area contributed by atoms with Crippen molar-refractivity contribution in [3.8, 4) is 0 Å². The van der Waals surface area contributed by atoms with E-state index in [-0.39, 0.29) is 0 Å². The molecule has 0 aliphatic carbocycles. The van der Waals surface area contributed by atoms with E-state index in [0.717, 1.165) is 17.8 Å². The second kappa shape index (κ2) is 4.77. The standard InChI is InChI=1S/C11H18N4/c1-6-8(3)9(4)10-13-11(12-5)14-15(10)7-2/h7-8H,2,4,6H2,1,3,5H3,(H,12,14). The van der Waals surface area contributed by atoms with E-state index in [1.807, 2.05) is 0 Å². The minimum Gasteiger partial charge on any atom is -0.356 e. The lowest BCUT2D eigenvalue weighted by molar-refractivity contribution is 0.707. The maximum absolute atomic E-state index is 4.34. The van der Waals surface area contributed by atoms with Crippen LogP contribution in [0.1, 0.15) is 26.1 Å². The fourth-order valence-electron chi connectivity index (χ4n) is 1.24. The summed E-state index contributed by atoms with van der Waals surface area (Å²) >= 11 is 0. The van der Waals surface area contributed by atoms with Crippen molar-refractivity contribution in [3.05, 3.63) is 19.0 Å². The van der Waals surface area contributed by atoms with E-state index >= 15 is 0 Å². The van der Waals surface area contributed by atoms with Crippen molar-refractivity contribution in [2.45, 2.75) is 20.3 Å². The second-order valence-electron chi connectivity index (χ2n) is 3.47. The third-order valence-corrected chi connectivity index (χ3v) is 2.52. The van der Waals surface area contributed by atoms with Crippen LogP contribution in [0.3, 0.4) is 0 Å². The molecular formula is C11H18N4. The summed E-state index contributed by atoms with van der Waals surface area (Å²) in [5.74, 6) is 1.77. The first-order valence-corrected chi connectivity index (χ1v) is 5.10. The quantitative estimate of drug-likeness (QED) is 0.804. The van der Waals surface area contributed by atoms with Crippen molar-refractivity contribution in [3.63, 3.8) is 0 Å². The summed E-state index contributed by atoms with van der Waals surface area (Å²) in [4.78, 5) is 4.34. The molecule has 1 atom stereocenters. The third kappa shape index (κ3) is 2.26. The third-order valence-electron chi connectivity index (χ3n) is 2.52. The SMILES string of the molecule is C=Cn1nc(NC)nc1C(=C)C(C)CC. The molecule has 0 amide bonds. The second-order valence-corrected chi connectivity index (χ2v) is 3.47. The average Bonchev–Trinajstić information content (AvgIpc) is 2.69. The lowest BCUT2D eigenvalue weighted by Gasteiger charge is -2.10. The molecule has 1 N–H and O–H groups in total. The van der Waals surface area contributed by atoms with Crippen molar-refractivity contribution in [1.29, 1.82) is 0 Å². The Morgan fingerprint density at radius 1 is 1.67 bits per heavy atom. The van der Waals surface area contributed by atoms with E-state index in [0.29, 0.717) is 11.9 Å². The molecule has 0 aliphatic heterocycles.